The van der Waals surface area contributed by atoms with E-state index in [-0.39, 0.29) is 17.3 Å². The average molecular weight is 470 g/mol. The van der Waals surface area contributed by atoms with Gasteiger partial charge in [0.05, 0.1) is 27.6 Å². The van der Waals surface area contributed by atoms with Crippen LogP contribution in [0.5, 0.6) is 0 Å². The van der Waals surface area contributed by atoms with E-state index < -0.39 is 0 Å². The molecule has 1 aliphatic heterocycles. The topological polar surface area (TPSA) is 80.1 Å². The number of nitrogens with one attached hydrogen (secondary N) is 1. The minimum absolute atomic E-state index is 0.00762. The molecule has 0 radical (unpaired) electrons. The Hall–Kier alpha value is -2.14. The summed E-state index contributed by atoms with van der Waals surface area (Å²) in [6, 6.07) is 8.08. The van der Waals surface area contributed by atoms with E-state index in [4.69, 9.17) is 0 Å². The standard InChI is InChI=1S/C22H20BrN3O2S/c1-22(2)14-9-17(26-5-3-11(27)4-6-26)15(23)8-13(14)19(28)18-20-16(25-21(18)22)7-12(10-24)29-20/h7-9,11,25,27H,3-6H2,1-2H3. The zero-order chi connectivity index (χ0) is 20.5. The molecule has 2 aliphatic rings. The van der Waals surface area contributed by atoms with Gasteiger partial charge in [-0.3, -0.25) is 4.79 Å². The minimum Gasteiger partial charge on any atom is -0.393 e. The molecular formula is C22H20BrN3O2S. The normalized spacial score (nSPS) is 18.6. The van der Waals surface area contributed by atoms with E-state index in [0.29, 0.717) is 16.0 Å². The van der Waals surface area contributed by atoms with E-state index in [0.717, 1.165) is 57.6 Å². The van der Waals surface area contributed by atoms with Gasteiger partial charge >= 0.3 is 0 Å². The molecule has 0 saturated carbocycles. The van der Waals surface area contributed by atoms with Gasteiger partial charge in [0.1, 0.15) is 10.9 Å². The second-order valence-electron chi connectivity index (χ2n) is 8.36. The lowest BCUT2D eigenvalue weighted by Crippen LogP contribution is -2.37. The first-order valence-corrected chi connectivity index (χ1v) is 11.3. The Morgan fingerprint density at radius 2 is 2.03 bits per heavy atom. The van der Waals surface area contributed by atoms with E-state index in [1.165, 1.54) is 11.3 Å². The molecule has 1 saturated heterocycles. The molecule has 0 bridgehead atoms. The van der Waals surface area contributed by atoms with Crippen molar-refractivity contribution in [2.45, 2.75) is 38.2 Å². The van der Waals surface area contributed by atoms with Crippen LogP contribution in [0.3, 0.4) is 0 Å². The Morgan fingerprint density at radius 3 is 2.72 bits per heavy atom. The summed E-state index contributed by atoms with van der Waals surface area (Å²) in [6.45, 7) is 5.88. The number of rotatable bonds is 1. The number of hydrogen-bond acceptors (Lipinski definition) is 5. The van der Waals surface area contributed by atoms with Crippen molar-refractivity contribution in [3.05, 3.63) is 49.9 Å². The van der Waals surface area contributed by atoms with E-state index in [2.05, 4.69) is 51.8 Å². The Morgan fingerprint density at radius 1 is 1.31 bits per heavy atom. The van der Waals surface area contributed by atoms with Gasteiger partial charge in [-0.25, -0.2) is 0 Å². The number of nitriles is 1. The Labute approximate surface area is 181 Å². The lowest BCUT2D eigenvalue weighted by molar-refractivity contribution is 0.103. The lowest BCUT2D eigenvalue weighted by Gasteiger charge is -2.36. The van der Waals surface area contributed by atoms with Gasteiger partial charge in [0.2, 0.25) is 0 Å². The number of H-pyrrole nitrogens is 1. The van der Waals surface area contributed by atoms with Crippen molar-refractivity contribution in [2.24, 2.45) is 0 Å². The summed E-state index contributed by atoms with van der Waals surface area (Å²) in [7, 11) is 0. The molecule has 29 heavy (non-hydrogen) atoms. The van der Waals surface area contributed by atoms with Crippen LogP contribution in [0.2, 0.25) is 0 Å². The number of benzene rings is 1. The van der Waals surface area contributed by atoms with Gasteiger partial charge < -0.3 is 15.0 Å². The van der Waals surface area contributed by atoms with Gasteiger partial charge in [-0.1, -0.05) is 13.8 Å². The third-order valence-corrected chi connectivity index (χ3v) is 7.93. The lowest BCUT2D eigenvalue weighted by atomic mass is 9.71. The number of carbonyl (C=O) groups is 1. The molecule has 5 rings (SSSR count). The van der Waals surface area contributed by atoms with Gasteiger partial charge in [-0.15, -0.1) is 11.3 Å². The van der Waals surface area contributed by atoms with Crippen molar-refractivity contribution in [1.82, 2.24) is 4.98 Å². The molecule has 1 aliphatic carbocycles. The van der Waals surface area contributed by atoms with Crippen molar-refractivity contribution in [3.8, 4) is 6.07 Å². The minimum atomic E-state index is -0.366. The number of halogens is 1. The molecule has 0 spiro atoms. The fourth-order valence-electron chi connectivity index (χ4n) is 4.61. The summed E-state index contributed by atoms with van der Waals surface area (Å²) in [4.78, 5) is 19.8. The van der Waals surface area contributed by atoms with E-state index in [1.54, 1.807) is 0 Å². The predicted molar refractivity (Wildman–Crippen MR) is 118 cm³/mol. The van der Waals surface area contributed by atoms with Crippen LogP contribution < -0.4 is 4.90 Å². The van der Waals surface area contributed by atoms with Gasteiger partial charge in [0.25, 0.3) is 0 Å². The third kappa shape index (κ3) is 2.70. The monoisotopic (exact) mass is 469 g/mol. The molecule has 3 aromatic rings. The van der Waals surface area contributed by atoms with Crippen molar-refractivity contribution in [1.29, 1.82) is 5.26 Å². The number of aliphatic hydroxyl groups excluding tert-OH is 1. The third-order valence-electron chi connectivity index (χ3n) is 6.24. The number of aromatic amines is 1. The van der Waals surface area contributed by atoms with Crippen LogP contribution in [0.1, 0.15) is 58.7 Å². The van der Waals surface area contributed by atoms with Crippen LogP contribution in [0.4, 0.5) is 5.69 Å². The van der Waals surface area contributed by atoms with E-state index in [1.807, 2.05) is 12.1 Å². The van der Waals surface area contributed by atoms with Crippen molar-refractivity contribution in [2.75, 3.05) is 18.0 Å². The van der Waals surface area contributed by atoms with Crippen LogP contribution in [0.25, 0.3) is 10.2 Å². The maximum absolute atomic E-state index is 13.5. The summed E-state index contributed by atoms with van der Waals surface area (Å²) in [5.74, 6) is 0.00762. The highest BCUT2D eigenvalue weighted by atomic mass is 79.9. The highest BCUT2D eigenvalue weighted by Gasteiger charge is 2.41. The number of anilines is 1. The first-order chi connectivity index (χ1) is 13.8. The number of piperidine rings is 1. The molecular weight excluding hydrogens is 450 g/mol. The van der Waals surface area contributed by atoms with Gasteiger partial charge in [0.15, 0.2) is 5.78 Å². The van der Waals surface area contributed by atoms with Crippen LogP contribution in [0, 0.1) is 11.3 Å². The number of aliphatic hydroxyl groups is 1. The van der Waals surface area contributed by atoms with E-state index >= 15 is 0 Å². The summed E-state index contributed by atoms with van der Waals surface area (Å²) in [5.41, 5.74) is 4.90. The number of aromatic nitrogens is 1. The quantitative estimate of drug-likeness (QED) is 0.541. The largest absolute Gasteiger partial charge is 0.393 e. The average Bonchev–Trinajstić information content (AvgIpc) is 3.25. The number of thiophene rings is 1. The van der Waals surface area contributed by atoms with Gasteiger partial charge in [-0.2, -0.15) is 5.26 Å². The highest BCUT2D eigenvalue weighted by molar-refractivity contribution is 9.10. The van der Waals surface area contributed by atoms with Crippen molar-refractivity contribution < 1.29 is 9.90 Å². The molecule has 7 heteroatoms. The second kappa shape index (κ2) is 6.43. The first kappa shape index (κ1) is 18.9. The second-order valence-corrected chi connectivity index (χ2v) is 10.3. The maximum atomic E-state index is 13.5. The van der Waals surface area contributed by atoms with Crippen LogP contribution in [-0.2, 0) is 5.41 Å². The summed E-state index contributed by atoms with van der Waals surface area (Å²) < 4.78 is 1.77. The molecule has 1 fully saturated rings. The first-order valence-electron chi connectivity index (χ1n) is 9.69. The van der Waals surface area contributed by atoms with Crippen molar-refractivity contribution in [3.63, 3.8) is 0 Å². The zero-order valence-electron chi connectivity index (χ0n) is 16.2. The highest BCUT2D eigenvalue weighted by Crippen LogP contribution is 2.47. The fraction of sp³-hybridized carbons (Fsp3) is 0.364. The molecule has 2 N–H and O–H groups in total. The molecule has 2 aromatic heterocycles. The Bertz CT molecular complexity index is 1210. The molecule has 3 heterocycles. The summed E-state index contributed by atoms with van der Waals surface area (Å²) in [6.07, 6.45) is 1.28. The smallest absolute Gasteiger partial charge is 0.196 e. The van der Waals surface area contributed by atoms with Crippen LogP contribution >= 0.6 is 27.3 Å². The summed E-state index contributed by atoms with van der Waals surface area (Å²) in [5, 5.41) is 19.1. The van der Waals surface area contributed by atoms with Gasteiger partial charge in [0, 0.05) is 34.2 Å². The maximum Gasteiger partial charge on any atom is 0.196 e. The number of fused-ring (bicyclic) bond motifs is 4. The number of nitrogens with zero attached hydrogens (tertiary/aromatic N) is 2. The van der Waals surface area contributed by atoms with E-state index in [9.17, 15) is 15.2 Å². The molecule has 1 aromatic carbocycles. The van der Waals surface area contributed by atoms with Crippen LogP contribution in [-0.4, -0.2) is 35.1 Å². The molecule has 0 atom stereocenters. The number of ketones is 1. The number of hydrogen-bond donors (Lipinski definition) is 2. The van der Waals surface area contributed by atoms with Crippen molar-refractivity contribution >= 4 is 49.0 Å². The molecule has 0 unspecified atom stereocenters. The van der Waals surface area contributed by atoms with Crippen LogP contribution in [0.15, 0.2) is 22.7 Å². The molecule has 5 nitrogen and oxygen atoms in total. The Balaban J connectivity index is 1.67. The van der Waals surface area contributed by atoms with Gasteiger partial charge in [-0.05, 0) is 52.5 Å². The predicted octanol–water partition coefficient (Wildman–Crippen LogP) is 4.69. The molecule has 148 valence electrons. The number of carbonyl (C=O) groups excluding carboxylic acids is 1. The molecule has 0 amide bonds. The Kier molecular flexibility index (Phi) is 4.18. The SMILES string of the molecule is CC1(C)c2cc(N3CCC(O)CC3)c(Br)cc2C(=O)c2c1[nH]c1cc(C#N)sc21. The fourth-order valence-corrected chi connectivity index (χ4v) is 6.16. The zero-order valence-corrected chi connectivity index (χ0v) is 18.6. The summed E-state index contributed by atoms with van der Waals surface area (Å²) >= 11 is 5.05.